The van der Waals surface area contributed by atoms with Gasteiger partial charge >= 0.3 is 7.12 Å². The number of aromatic nitrogens is 4. The van der Waals surface area contributed by atoms with Gasteiger partial charge in [0.2, 0.25) is 0 Å². The molecule has 12 nitrogen and oxygen atoms in total. The summed E-state index contributed by atoms with van der Waals surface area (Å²) in [6, 6.07) is 51.8. The smallest absolute Gasteiger partial charge is 0.465 e. The van der Waals surface area contributed by atoms with Crippen LogP contribution in [0.2, 0.25) is 0 Å². The Hall–Kier alpha value is -8.30. The summed E-state index contributed by atoms with van der Waals surface area (Å²) in [5.74, 6) is 1.70. The van der Waals surface area contributed by atoms with E-state index in [1.807, 2.05) is 116 Å². The number of rotatable bonds is 8. The van der Waals surface area contributed by atoms with Crippen LogP contribution < -0.4 is 27.8 Å². The Balaban J connectivity index is 0.000000131. The van der Waals surface area contributed by atoms with Crippen molar-refractivity contribution in [1.29, 1.82) is 0 Å². The Labute approximate surface area is 398 Å². The van der Waals surface area contributed by atoms with Crippen molar-refractivity contribution in [1.82, 2.24) is 19.9 Å². The summed E-state index contributed by atoms with van der Waals surface area (Å²) in [4.78, 5) is 17.4. The zero-order valence-corrected chi connectivity index (χ0v) is 37.9. The first kappa shape index (κ1) is 43.6. The van der Waals surface area contributed by atoms with E-state index in [1.165, 1.54) is 5.56 Å². The van der Waals surface area contributed by atoms with Crippen molar-refractivity contribution in [2.45, 2.75) is 13.1 Å². The second kappa shape index (κ2) is 19.3. The van der Waals surface area contributed by atoms with E-state index in [0.717, 1.165) is 99.0 Å². The third-order valence-corrected chi connectivity index (χ3v) is 12.4. The molecule has 6 aromatic heterocycles. The number of nitrogens with zero attached hydrogens (tertiary/aromatic N) is 4. The Morgan fingerprint density at radius 1 is 0.500 bits per heavy atom. The minimum absolute atomic E-state index is 0.177. The van der Waals surface area contributed by atoms with Crippen LogP contribution in [0.4, 0.5) is 23.0 Å². The molecular weight excluding hydrogens is 915 g/mol. The minimum atomic E-state index is -1.53. The maximum Gasteiger partial charge on any atom is 0.526 e. The summed E-state index contributed by atoms with van der Waals surface area (Å²) in [5, 5.41) is 32.9. The minimum Gasteiger partial charge on any atom is -0.465 e. The predicted molar refractivity (Wildman–Crippen MR) is 279 cm³/mol. The lowest BCUT2D eigenvalue weighted by Crippen LogP contribution is -2.27. The lowest BCUT2D eigenvalue weighted by molar-refractivity contribution is 0.412. The number of hydrogen-bond acceptors (Lipinski definition) is 12. The van der Waals surface area contributed by atoms with Crippen molar-refractivity contribution < 1.29 is 18.9 Å². The van der Waals surface area contributed by atoms with Gasteiger partial charge in [0.1, 0.15) is 34.2 Å². The van der Waals surface area contributed by atoms with E-state index < -0.39 is 7.12 Å². The number of pyridine rings is 4. The number of nitrogens with one attached hydrogen (secondary N) is 2. The van der Waals surface area contributed by atoms with Crippen molar-refractivity contribution in [3.05, 3.63) is 198 Å². The summed E-state index contributed by atoms with van der Waals surface area (Å²) in [5.41, 5.74) is 21.1. The van der Waals surface area contributed by atoms with E-state index in [9.17, 15) is 0 Å². The first-order valence-electron chi connectivity index (χ1n) is 21.7. The van der Waals surface area contributed by atoms with Crippen molar-refractivity contribution in [2.75, 3.05) is 22.1 Å². The highest BCUT2D eigenvalue weighted by Gasteiger charge is 2.17. The molecule has 68 heavy (non-hydrogen) atoms. The highest BCUT2D eigenvalue weighted by atomic mass is 79.9. The molecule has 332 valence electrons. The van der Waals surface area contributed by atoms with Crippen LogP contribution in [0.3, 0.4) is 0 Å². The number of para-hydroxylation sites is 4. The maximum absolute atomic E-state index is 8.79. The first-order valence-corrected chi connectivity index (χ1v) is 22.5. The second-order valence-electron chi connectivity index (χ2n) is 16.0. The van der Waals surface area contributed by atoms with Crippen LogP contribution in [0.25, 0.3) is 76.6 Å². The lowest BCUT2D eigenvalue weighted by Gasteiger charge is -2.12. The second-order valence-corrected chi connectivity index (χ2v) is 16.8. The number of fused-ring (bicyclic) bond motifs is 6. The van der Waals surface area contributed by atoms with Gasteiger partial charge < -0.3 is 41.0 Å². The fourth-order valence-electron chi connectivity index (χ4n) is 8.12. The highest BCUT2D eigenvalue weighted by molar-refractivity contribution is 9.10. The molecule has 0 aliphatic heterocycles. The van der Waals surface area contributed by atoms with Gasteiger partial charge in [0.05, 0.1) is 21.1 Å². The Morgan fingerprint density at radius 2 is 1.01 bits per heavy atom. The summed E-state index contributed by atoms with van der Waals surface area (Å²) in [6.07, 6.45) is 7.26. The van der Waals surface area contributed by atoms with Gasteiger partial charge in [-0.05, 0) is 93.1 Å². The van der Waals surface area contributed by atoms with Gasteiger partial charge in [-0.25, -0.2) is 9.97 Å². The fourth-order valence-corrected chi connectivity index (χ4v) is 8.57. The summed E-state index contributed by atoms with van der Waals surface area (Å²) >= 11 is 3.53. The van der Waals surface area contributed by atoms with Gasteiger partial charge in [0, 0.05) is 87.0 Å². The first-order chi connectivity index (χ1) is 33.3. The summed E-state index contributed by atoms with van der Waals surface area (Å²) < 4.78 is 12.1. The zero-order chi connectivity index (χ0) is 46.6. The van der Waals surface area contributed by atoms with Gasteiger partial charge in [-0.3, -0.25) is 9.97 Å². The van der Waals surface area contributed by atoms with E-state index >= 15 is 0 Å². The van der Waals surface area contributed by atoms with Crippen LogP contribution in [0.5, 0.6) is 0 Å². The van der Waals surface area contributed by atoms with E-state index in [1.54, 1.807) is 18.3 Å². The topological polar surface area (TPSA) is 194 Å². The Kier molecular flexibility index (Phi) is 12.4. The van der Waals surface area contributed by atoms with Crippen LogP contribution >= 0.6 is 15.9 Å². The largest absolute Gasteiger partial charge is 0.526 e. The Morgan fingerprint density at radius 3 is 1.60 bits per heavy atom. The Bertz CT molecular complexity index is 3690. The molecule has 14 heteroatoms. The third-order valence-electron chi connectivity index (χ3n) is 11.5. The maximum atomic E-state index is 8.79. The van der Waals surface area contributed by atoms with Crippen LogP contribution in [-0.2, 0) is 13.1 Å². The zero-order valence-electron chi connectivity index (χ0n) is 36.3. The number of nitrogens with two attached hydrogens (primary N) is 2. The standard InChI is InChI=1S/C27H20N4O.C19H15BrN4.C8H7BO3/c28-27-26(25-14-18-5-1-4-8-24(18)32-25)21-13-17(9-10-19(21)16-31-27)15-30-23-11-12-29-22-7-3-2-6-20(22)23;20-18-15-9-12(5-6-13(15)11-24-19(18)21)10-23-17-7-8-22-16-4-2-1-3-14(16)17;10-9(11)8-5-6-3-1-2-4-7(6)12-8/h1-14,16H,15H2,(H2,28,31)(H,29,30);1-9,11H,10H2,(H2,21,24)(H,22,23);1-5,10-11H. The van der Waals surface area contributed by atoms with Gasteiger partial charge in [-0.2, -0.15) is 0 Å². The van der Waals surface area contributed by atoms with Crippen LogP contribution in [0.1, 0.15) is 11.1 Å². The van der Waals surface area contributed by atoms with E-state index in [0.29, 0.717) is 23.8 Å². The third kappa shape index (κ3) is 9.24. The van der Waals surface area contributed by atoms with E-state index in [2.05, 4.69) is 95.0 Å². The molecule has 0 spiro atoms. The fraction of sp³-hybridized carbons (Fsp3) is 0.0370. The number of halogens is 1. The molecule has 0 aliphatic carbocycles. The molecule has 0 fully saturated rings. The average Bonchev–Trinajstić information content (AvgIpc) is 4.02. The normalized spacial score (nSPS) is 11.1. The number of furan rings is 2. The van der Waals surface area contributed by atoms with Crippen molar-refractivity contribution in [2.24, 2.45) is 0 Å². The average molecular weight is 958 g/mol. The molecule has 0 saturated carbocycles. The van der Waals surface area contributed by atoms with Crippen molar-refractivity contribution >= 4 is 117 Å². The molecule has 12 aromatic rings. The molecule has 0 bridgehead atoms. The predicted octanol–water partition coefficient (Wildman–Crippen LogP) is 11.2. The van der Waals surface area contributed by atoms with Crippen molar-refractivity contribution in [3.63, 3.8) is 0 Å². The monoisotopic (exact) mass is 956 g/mol. The SMILES string of the molecule is Nc1ncc2ccc(CNc3ccnc4ccccc34)cc2c1-c1cc2ccccc2o1.Nc1ncc2ccc(CNc3ccnc4ccccc34)cc2c1Br.OB(O)c1cc2ccccc2o1. The van der Waals surface area contributed by atoms with E-state index in [-0.39, 0.29) is 5.66 Å². The summed E-state index contributed by atoms with van der Waals surface area (Å²) in [6.45, 7) is 1.39. The molecule has 0 aliphatic rings. The van der Waals surface area contributed by atoms with Crippen LogP contribution in [0.15, 0.2) is 196 Å². The molecule has 0 radical (unpaired) electrons. The molecule has 8 N–H and O–H groups in total. The molecule has 6 heterocycles. The molecule has 12 rings (SSSR count). The van der Waals surface area contributed by atoms with E-state index in [4.69, 9.17) is 30.3 Å². The van der Waals surface area contributed by atoms with Crippen LogP contribution in [0, 0.1) is 0 Å². The number of benzene rings is 6. The van der Waals surface area contributed by atoms with Gasteiger partial charge in [-0.1, -0.05) is 97.1 Å². The van der Waals surface area contributed by atoms with Crippen molar-refractivity contribution in [3.8, 4) is 11.3 Å². The highest BCUT2D eigenvalue weighted by Crippen LogP contribution is 2.37. The molecular formula is C54H42BBrN8O4. The number of nitrogen functional groups attached to an aromatic ring is 2. The summed E-state index contributed by atoms with van der Waals surface area (Å²) in [7, 11) is -1.53. The number of anilines is 4. The lowest BCUT2D eigenvalue weighted by atomic mass is 9.88. The molecule has 6 aromatic carbocycles. The van der Waals surface area contributed by atoms with Gasteiger partial charge in [0.15, 0.2) is 0 Å². The molecule has 0 amide bonds. The molecule has 0 unspecified atom stereocenters. The van der Waals surface area contributed by atoms with Gasteiger partial charge in [0.25, 0.3) is 0 Å². The molecule has 0 atom stereocenters. The number of hydrogen-bond donors (Lipinski definition) is 6. The van der Waals surface area contributed by atoms with Crippen LogP contribution in [-0.4, -0.2) is 37.1 Å². The van der Waals surface area contributed by atoms with Gasteiger partial charge in [-0.15, -0.1) is 0 Å². The molecule has 0 saturated heterocycles. The quantitative estimate of drug-likeness (QED) is 0.0790.